The number of aliphatic hydroxyl groups excluding tert-OH is 1. The van der Waals surface area contributed by atoms with E-state index in [1.165, 1.54) is 32.1 Å². The number of rotatable bonds is 6. The SMILES string of the molecule is CC(C)(CN(CCO)C1CCCCC1)C(=O)NN. The minimum atomic E-state index is -0.526. The van der Waals surface area contributed by atoms with Gasteiger partial charge in [-0.2, -0.15) is 0 Å². The molecule has 0 atom stereocenters. The van der Waals surface area contributed by atoms with Gasteiger partial charge in [0.05, 0.1) is 12.0 Å². The number of nitrogens with one attached hydrogen (secondary N) is 1. The zero-order chi connectivity index (χ0) is 13.6. The molecule has 0 saturated heterocycles. The van der Waals surface area contributed by atoms with E-state index in [0.717, 1.165) is 0 Å². The van der Waals surface area contributed by atoms with Crippen LogP contribution in [0.5, 0.6) is 0 Å². The van der Waals surface area contributed by atoms with Crippen molar-refractivity contribution in [2.45, 2.75) is 52.0 Å². The van der Waals surface area contributed by atoms with Crippen molar-refractivity contribution in [3.63, 3.8) is 0 Å². The Hall–Kier alpha value is -0.650. The number of hydrogen-bond donors (Lipinski definition) is 3. The van der Waals surface area contributed by atoms with E-state index in [9.17, 15) is 9.90 Å². The minimum Gasteiger partial charge on any atom is -0.395 e. The van der Waals surface area contributed by atoms with E-state index in [2.05, 4.69) is 10.3 Å². The molecule has 0 aromatic heterocycles. The number of aliphatic hydroxyl groups is 1. The molecule has 1 rings (SSSR count). The van der Waals surface area contributed by atoms with E-state index < -0.39 is 5.41 Å². The molecule has 0 aromatic rings. The van der Waals surface area contributed by atoms with Crippen LogP contribution in [0.15, 0.2) is 0 Å². The lowest BCUT2D eigenvalue weighted by atomic mass is 9.88. The van der Waals surface area contributed by atoms with Gasteiger partial charge in [0.2, 0.25) is 5.91 Å². The van der Waals surface area contributed by atoms with Gasteiger partial charge in [0.1, 0.15) is 0 Å². The second-order valence-corrected chi connectivity index (χ2v) is 5.84. The molecule has 0 bridgehead atoms. The summed E-state index contributed by atoms with van der Waals surface area (Å²) < 4.78 is 0. The molecule has 106 valence electrons. The Labute approximate surface area is 110 Å². The number of amides is 1. The standard InChI is InChI=1S/C13H27N3O2/c1-13(2,12(18)15-14)10-16(8-9-17)11-6-4-3-5-7-11/h11,17H,3-10,14H2,1-2H3,(H,15,18). The lowest BCUT2D eigenvalue weighted by molar-refractivity contribution is -0.131. The smallest absolute Gasteiger partial charge is 0.240 e. The maximum atomic E-state index is 11.7. The van der Waals surface area contributed by atoms with Crippen molar-refractivity contribution in [1.82, 2.24) is 10.3 Å². The molecule has 1 aliphatic rings. The fourth-order valence-corrected chi connectivity index (χ4v) is 2.74. The van der Waals surface area contributed by atoms with Gasteiger partial charge in [0.25, 0.3) is 0 Å². The molecule has 4 N–H and O–H groups in total. The summed E-state index contributed by atoms with van der Waals surface area (Å²) in [5.41, 5.74) is 1.70. The zero-order valence-corrected chi connectivity index (χ0v) is 11.6. The van der Waals surface area contributed by atoms with Gasteiger partial charge < -0.3 is 5.11 Å². The van der Waals surface area contributed by atoms with Crippen LogP contribution in [-0.2, 0) is 4.79 Å². The van der Waals surface area contributed by atoms with Crippen molar-refractivity contribution in [3.05, 3.63) is 0 Å². The lowest BCUT2D eigenvalue weighted by Crippen LogP contribution is -2.50. The van der Waals surface area contributed by atoms with E-state index >= 15 is 0 Å². The van der Waals surface area contributed by atoms with Crippen LogP contribution in [0.2, 0.25) is 0 Å². The number of nitrogens with two attached hydrogens (primary N) is 1. The largest absolute Gasteiger partial charge is 0.395 e. The van der Waals surface area contributed by atoms with E-state index in [1.54, 1.807) is 0 Å². The highest BCUT2D eigenvalue weighted by molar-refractivity contribution is 5.81. The summed E-state index contributed by atoms with van der Waals surface area (Å²) in [7, 11) is 0. The molecule has 0 aromatic carbocycles. The predicted octanol–water partition coefficient (Wildman–Crippen LogP) is 0.630. The maximum absolute atomic E-state index is 11.7. The number of carbonyl (C=O) groups excluding carboxylic acids is 1. The molecule has 0 spiro atoms. The normalized spacial score (nSPS) is 18.1. The summed E-state index contributed by atoms with van der Waals surface area (Å²) in [6, 6.07) is 0.496. The van der Waals surface area contributed by atoms with Gasteiger partial charge in [-0.3, -0.25) is 15.1 Å². The van der Waals surface area contributed by atoms with Gasteiger partial charge in [-0.05, 0) is 26.7 Å². The first-order chi connectivity index (χ1) is 8.51. The van der Waals surface area contributed by atoms with Gasteiger partial charge in [-0.15, -0.1) is 0 Å². The molecule has 1 amide bonds. The van der Waals surface area contributed by atoms with Gasteiger partial charge in [-0.1, -0.05) is 19.3 Å². The summed E-state index contributed by atoms with van der Waals surface area (Å²) in [5.74, 6) is 5.07. The molecule has 0 radical (unpaired) electrons. The molecule has 1 aliphatic carbocycles. The Morgan fingerprint density at radius 1 is 1.39 bits per heavy atom. The molecule has 18 heavy (non-hydrogen) atoms. The predicted molar refractivity (Wildman–Crippen MR) is 71.6 cm³/mol. The Morgan fingerprint density at radius 3 is 2.50 bits per heavy atom. The molecular formula is C13H27N3O2. The van der Waals surface area contributed by atoms with E-state index in [4.69, 9.17) is 5.84 Å². The highest BCUT2D eigenvalue weighted by Crippen LogP contribution is 2.26. The first-order valence-electron chi connectivity index (χ1n) is 6.87. The molecule has 5 heteroatoms. The van der Waals surface area contributed by atoms with Crippen LogP contribution in [0.1, 0.15) is 46.0 Å². The van der Waals surface area contributed by atoms with Crippen LogP contribution >= 0.6 is 0 Å². The third kappa shape index (κ3) is 4.23. The Kier molecular flexibility index (Phi) is 6.05. The van der Waals surface area contributed by atoms with Crippen molar-refractivity contribution < 1.29 is 9.90 Å². The van der Waals surface area contributed by atoms with Gasteiger partial charge in [0.15, 0.2) is 0 Å². The third-order valence-electron chi connectivity index (χ3n) is 3.82. The number of nitrogens with zero attached hydrogens (tertiary/aromatic N) is 1. The topological polar surface area (TPSA) is 78.6 Å². The van der Waals surface area contributed by atoms with Crippen LogP contribution in [0.4, 0.5) is 0 Å². The first-order valence-corrected chi connectivity index (χ1v) is 6.87. The molecule has 5 nitrogen and oxygen atoms in total. The summed E-state index contributed by atoms with van der Waals surface area (Å²) in [6.45, 7) is 5.19. The number of carbonyl (C=O) groups is 1. The van der Waals surface area contributed by atoms with Crippen LogP contribution in [0, 0.1) is 5.41 Å². The first kappa shape index (κ1) is 15.4. The fourth-order valence-electron chi connectivity index (χ4n) is 2.74. The maximum Gasteiger partial charge on any atom is 0.240 e. The van der Waals surface area contributed by atoms with Crippen molar-refractivity contribution in [2.24, 2.45) is 11.3 Å². The van der Waals surface area contributed by atoms with E-state index in [-0.39, 0.29) is 12.5 Å². The van der Waals surface area contributed by atoms with Gasteiger partial charge >= 0.3 is 0 Å². The van der Waals surface area contributed by atoms with E-state index in [1.807, 2.05) is 13.8 Å². The van der Waals surface area contributed by atoms with Crippen molar-refractivity contribution in [3.8, 4) is 0 Å². The molecular weight excluding hydrogens is 230 g/mol. The molecule has 1 saturated carbocycles. The van der Waals surface area contributed by atoms with E-state index in [0.29, 0.717) is 19.1 Å². The Balaban J connectivity index is 2.63. The average Bonchev–Trinajstić information content (AvgIpc) is 2.38. The zero-order valence-electron chi connectivity index (χ0n) is 11.6. The van der Waals surface area contributed by atoms with Crippen molar-refractivity contribution >= 4 is 5.91 Å². The average molecular weight is 257 g/mol. The molecule has 0 heterocycles. The minimum absolute atomic E-state index is 0.136. The van der Waals surface area contributed by atoms with Crippen molar-refractivity contribution in [1.29, 1.82) is 0 Å². The molecule has 1 fully saturated rings. The van der Waals surface area contributed by atoms with Crippen molar-refractivity contribution in [2.75, 3.05) is 19.7 Å². The van der Waals surface area contributed by atoms with Crippen LogP contribution < -0.4 is 11.3 Å². The van der Waals surface area contributed by atoms with Crippen LogP contribution in [0.25, 0.3) is 0 Å². The number of hydrogen-bond acceptors (Lipinski definition) is 4. The summed E-state index contributed by atoms with van der Waals surface area (Å²) in [4.78, 5) is 14.0. The lowest BCUT2D eigenvalue weighted by Gasteiger charge is -2.38. The Bertz CT molecular complexity index is 263. The Morgan fingerprint density at radius 2 is 2.00 bits per heavy atom. The second kappa shape index (κ2) is 7.07. The van der Waals surface area contributed by atoms with Gasteiger partial charge in [-0.25, -0.2) is 5.84 Å². The summed E-state index contributed by atoms with van der Waals surface area (Å²) in [5, 5.41) is 9.19. The summed E-state index contributed by atoms with van der Waals surface area (Å²) >= 11 is 0. The van der Waals surface area contributed by atoms with Gasteiger partial charge in [0, 0.05) is 19.1 Å². The third-order valence-corrected chi connectivity index (χ3v) is 3.82. The summed E-state index contributed by atoms with van der Waals surface area (Å²) in [6.07, 6.45) is 6.13. The quantitative estimate of drug-likeness (QED) is 0.370. The monoisotopic (exact) mass is 257 g/mol. The fraction of sp³-hybridized carbons (Fsp3) is 0.923. The molecule has 0 unspecified atom stereocenters. The molecule has 0 aliphatic heterocycles. The number of hydrazine groups is 1. The second-order valence-electron chi connectivity index (χ2n) is 5.84. The highest BCUT2D eigenvalue weighted by Gasteiger charge is 2.32. The highest BCUT2D eigenvalue weighted by atomic mass is 16.3. The van der Waals surface area contributed by atoms with Crippen LogP contribution in [0.3, 0.4) is 0 Å². The van der Waals surface area contributed by atoms with Crippen LogP contribution in [-0.4, -0.2) is 41.7 Å².